The Kier molecular flexibility index (Phi) is 6.27. The molecule has 0 aliphatic heterocycles. The molecule has 3 nitrogen and oxygen atoms in total. The molecule has 22 heavy (non-hydrogen) atoms. The smallest absolute Gasteiger partial charge is 0.427 e. The first-order valence-electron chi connectivity index (χ1n) is 5.30. The van der Waals surface area contributed by atoms with E-state index >= 15 is 0 Å². The molecule has 124 valence electrons. The zero-order valence-corrected chi connectivity index (χ0v) is 13.4. The third-order valence-electron chi connectivity index (χ3n) is 2.12. The van der Waals surface area contributed by atoms with Crippen LogP contribution in [0.1, 0.15) is 10.4 Å². The number of hydrogen-bond donors (Lipinski definition) is 0. The maximum atomic E-state index is 13.2. The molecule has 0 bridgehead atoms. The Morgan fingerprint density at radius 3 is 2.27 bits per heavy atom. The van der Waals surface area contributed by atoms with Crippen molar-refractivity contribution in [2.45, 2.75) is 18.8 Å². The van der Waals surface area contributed by atoms with Crippen molar-refractivity contribution in [1.82, 2.24) is 0 Å². The van der Waals surface area contributed by atoms with Crippen LogP contribution in [-0.2, 0) is 4.74 Å². The molecule has 0 aliphatic rings. The molecule has 1 atom stereocenters. The van der Waals surface area contributed by atoms with Gasteiger partial charge < -0.3 is 4.74 Å². The summed E-state index contributed by atoms with van der Waals surface area (Å²) in [6.45, 7) is 0. The van der Waals surface area contributed by atoms with Crippen LogP contribution in [0.3, 0.4) is 0 Å². The third kappa shape index (κ3) is 5.43. The zero-order chi connectivity index (χ0) is 17.1. The van der Waals surface area contributed by atoms with E-state index in [-0.39, 0.29) is 21.1 Å². The summed E-state index contributed by atoms with van der Waals surface area (Å²) in [6, 6.07) is 3.08. The summed E-state index contributed by atoms with van der Waals surface area (Å²) in [4.78, 5) is 11.4. The molecule has 0 aromatic heterocycles. The number of halogens is 8. The largest absolute Gasteiger partial charge is 0.525 e. The van der Waals surface area contributed by atoms with Gasteiger partial charge in [-0.15, -0.1) is 13.2 Å². The summed E-state index contributed by atoms with van der Waals surface area (Å²) < 4.78 is 80.8. The van der Waals surface area contributed by atoms with Crippen molar-refractivity contribution in [3.63, 3.8) is 0 Å². The highest BCUT2D eigenvalue weighted by molar-refractivity contribution is 9.10. The van der Waals surface area contributed by atoms with Gasteiger partial charge in [-0.3, -0.25) is 4.79 Å². The number of Topliss-reactive ketones (excluding diaryl/α,β-unsaturated/α-hetero) is 1. The average molecular weight is 460 g/mol. The summed E-state index contributed by atoms with van der Waals surface area (Å²) in [6.07, 6.45) is -14.5. The van der Waals surface area contributed by atoms with Crippen LogP contribution in [0.25, 0.3) is 0 Å². The fourth-order valence-electron chi connectivity index (χ4n) is 1.21. The second kappa shape index (κ2) is 7.18. The molecule has 0 amide bonds. The van der Waals surface area contributed by atoms with Gasteiger partial charge in [0.25, 0.3) is 0 Å². The van der Waals surface area contributed by atoms with E-state index in [0.29, 0.717) is 0 Å². The minimum Gasteiger partial charge on any atom is -0.427 e. The summed E-state index contributed by atoms with van der Waals surface area (Å²) in [5, 5.41) is -0.0260. The van der Waals surface area contributed by atoms with Gasteiger partial charge in [0.2, 0.25) is 0 Å². The highest BCUT2D eigenvalue weighted by Crippen LogP contribution is 2.35. The Bertz CT molecular complexity index is 549. The molecule has 0 radical (unpaired) electrons. The standard InChI is InChI=1S/C11H6Br2F6O3/c12-4-7(20)5-1-2-8(6(13)3-5)21-10(15,16)9(14)22-11(17,18)19/h1-3,9H,4H2. The van der Waals surface area contributed by atoms with Crippen LogP contribution in [0.4, 0.5) is 26.3 Å². The van der Waals surface area contributed by atoms with Gasteiger partial charge in [0.1, 0.15) is 5.75 Å². The number of alkyl halides is 7. The van der Waals surface area contributed by atoms with E-state index in [1.54, 1.807) is 0 Å². The van der Waals surface area contributed by atoms with Gasteiger partial charge in [0.15, 0.2) is 5.78 Å². The van der Waals surface area contributed by atoms with Gasteiger partial charge >= 0.3 is 18.8 Å². The van der Waals surface area contributed by atoms with E-state index < -0.39 is 24.6 Å². The summed E-state index contributed by atoms with van der Waals surface area (Å²) in [5.41, 5.74) is 0.128. The molecule has 0 heterocycles. The van der Waals surface area contributed by atoms with Gasteiger partial charge in [0, 0.05) is 5.56 Å². The van der Waals surface area contributed by atoms with Crippen molar-refractivity contribution in [2.75, 3.05) is 5.33 Å². The zero-order valence-electron chi connectivity index (χ0n) is 10.3. The lowest BCUT2D eigenvalue weighted by molar-refractivity contribution is -0.411. The fourth-order valence-corrected chi connectivity index (χ4v) is 2.00. The lowest BCUT2D eigenvalue weighted by Crippen LogP contribution is -2.41. The van der Waals surface area contributed by atoms with Crippen molar-refractivity contribution in [1.29, 1.82) is 0 Å². The van der Waals surface area contributed by atoms with Crippen molar-refractivity contribution < 1.29 is 40.6 Å². The van der Waals surface area contributed by atoms with Crippen LogP contribution in [0.5, 0.6) is 5.75 Å². The van der Waals surface area contributed by atoms with E-state index in [4.69, 9.17) is 0 Å². The number of benzene rings is 1. The SMILES string of the molecule is O=C(CBr)c1ccc(OC(F)(F)C(F)OC(F)(F)F)c(Br)c1. The molecule has 1 aromatic carbocycles. The van der Waals surface area contributed by atoms with E-state index in [0.717, 1.165) is 18.2 Å². The van der Waals surface area contributed by atoms with Gasteiger partial charge in [-0.25, -0.2) is 9.13 Å². The number of carbonyl (C=O) groups excluding carboxylic acids is 1. The van der Waals surface area contributed by atoms with Crippen LogP contribution < -0.4 is 4.74 Å². The van der Waals surface area contributed by atoms with E-state index in [1.165, 1.54) is 0 Å². The van der Waals surface area contributed by atoms with Gasteiger partial charge in [-0.1, -0.05) is 15.9 Å². The minimum atomic E-state index is -5.59. The van der Waals surface area contributed by atoms with E-state index in [1.807, 2.05) is 0 Å². The Morgan fingerprint density at radius 2 is 1.82 bits per heavy atom. The molecule has 1 aromatic rings. The van der Waals surface area contributed by atoms with Crippen molar-refractivity contribution in [3.05, 3.63) is 28.2 Å². The van der Waals surface area contributed by atoms with E-state index in [2.05, 4.69) is 41.3 Å². The fraction of sp³-hybridized carbons (Fsp3) is 0.364. The normalized spacial score (nSPS) is 13.8. The van der Waals surface area contributed by atoms with Crippen molar-refractivity contribution in [3.8, 4) is 5.75 Å². The number of ether oxygens (including phenoxy) is 2. The van der Waals surface area contributed by atoms with Gasteiger partial charge in [-0.05, 0) is 34.1 Å². The molecule has 0 fully saturated rings. The highest BCUT2D eigenvalue weighted by atomic mass is 79.9. The first kappa shape index (κ1) is 19.2. The van der Waals surface area contributed by atoms with Crippen LogP contribution in [0.15, 0.2) is 22.7 Å². The first-order chi connectivity index (χ1) is 9.96. The molecule has 1 unspecified atom stereocenters. The molecule has 0 saturated heterocycles. The molecule has 0 saturated carbocycles. The molecule has 0 aliphatic carbocycles. The quantitative estimate of drug-likeness (QED) is 0.347. The summed E-state index contributed by atoms with van der Waals surface area (Å²) >= 11 is 5.70. The summed E-state index contributed by atoms with van der Waals surface area (Å²) in [7, 11) is 0. The Morgan fingerprint density at radius 1 is 1.23 bits per heavy atom. The van der Waals surface area contributed by atoms with Crippen LogP contribution in [0, 0.1) is 0 Å². The Hall–Kier alpha value is -0.810. The maximum absolute atomic E-state index is 13.2. The van der Waals surface area contributed by atoms with Crippen LogP contribution >= 0.6 is 31.9 Å². The lowest BCUT2D eigenvalue weighted by atomic mass is 10.1. The number of rotatable bonds is 6. The third-order valence-corrected chi connectivity index (χ3v) is 3.25. The van der Waals surface area contributed by atoms with Crippen LogP contribution in [-0.4, -0.2) is 29.9 Å². The van der Waals surface area contributed by atoms with Crippen molar-refractivity contribution >= 4 is 37.6 Å². The second-order valence-corrected chi connectivity index (χ2v) is 5.16. The maximum Gasteiger partial charge on any atom is 0.525 e. The first-order valence-corrected chi connectivity index (χ1v) is 7.22. The van der Waals surface area contributed by atoms with Gasteiger partial charge in [-0.2, -0.15) is 8.78 Å². The topological polar surface area (TPSA) is 35.5 Å². The van der Waals surface area contributed by atoms with E-state index in [9.17, 15) is 31.1 Å². The Labute approximate surface area is 136 Å². The molecule has 11 heteroatoms. The number of ketones is 1. The number of carbonyl (C=O) groups is 1. The van der Waals surface area contributed by atoms with Crippen molar-refractivity contribution in [2.24, 2.45) is 0 Å². The van der Waals surface area contributed by atoms with Gasteiger partial charge in [0.05, 0.1) is 9.80 Å². The van der Waals surface area contributed by atoms with Crippen LogP contribution in [0.2, 0.25) is 0 Å². The minimum absolute atomic E-state index is 0.0260. The molecular weight excluding hydrogens is 454 g/mol. The molecule has 0 N–H and O–H groups in total. The monoisotopic (exact) mass is 458 g/mol. The highest BCUT2D eigenvalue weighted by Gasteiger charge is 2.50. The Balaban J connectivity index is 2.91. The lowest BCUT2D eigenvalue weighted by Gasteiger charge is -2.22. The molecular formula is C11H6Br2F6O3. The predicted molar refractivity (Wildman–Crippen MR) is 69.9 cm³/mol. The molecule has 0 spiro atoms. The summed E-state index contributed by atoms with van der Waals surface area (Å²) in [5.74, 6) is -1.03. The molecule has 1 rings (SSSR count). The average Bonchev–Trinajstić information content (AvgIpc) is 2.38. The predicted octanol–water partition coefficient (Wildman–Crippen LogP) is 4.83. The second-order valence-electron chi connectivity index (χ2n) is 3.75. The number of hydrogen-bond acceptors (Lipinski definition) is 3.